The van der Waals surface area contributed by atoms with E-state index in [9.17, 15) is 4.79 Å². The van der Waals surface area contributed by atoms with Crippen LogP contribution in [0, 0.1) is 6.92 Å². The zero-order chi connectivity index (χ0) is 20.4. The number of benzene rings is 2. The molecule has 1 unspecified atom stereocenters. The average Bonchev–Trinajstić information content (AvgIpc) is 3.18. The molecule has 0 radical (unpaired) electrons. The molecule has 1 N–H and O–H groups in total. The van der Waals surface area contributed by atoms with E-state index in [-0.39, 0.29) is 5.91 Å². The van der Waals surface area contributed by atoms with Crippen LogP contribution in [-0.4, -0.2) is 29.7 Å². The average molecular weight is 391 g/mol. The van der Waals surface area contributed by atoms with E-state index in [0.29, 0.717) is 11.6 Å². The summed E-state index contributed by atoms with van der Waals surface area (Å²) in [7, 11) is 3.33. The van der Waals surface area contributed by atoms with Crippen molar-refractivity contribution in [2.24, 2.45) is 0 Å². The lowest BCUT2D eigenvalue weighted by molar-refractivity contribution is 0.102. The summed E-state index contributed by atoms with van der Waals surface area (Å²) >= 11 is 0. The Kier molecular flexibility index (Phi) is 5.25. The van der Waals surface area contributed by atoms with Crippen molar-refractivity contribution in [1.82, 2.24) is 9.55 Å². The smallest absolute Gasteiger partial charge is 0.275 e. The molecule has 3 aromatic rings. The van der Waals surface area contributed by atoms with Crippen LogP contribution in [0.3, 0.4) is 0 Å². The van der Waals surface area contributed by atoms with Gasteiger partial charge in [-0.2, -0.15) is 0 Å². The lowest BCUT2D eigenvalue weighted by Gasteiger charge is -2.25. The summed E-state index contributed by atoms with van der Waals surface area (Å²) in [5.41, 5.74) is 3.52. The van der Waals surface area contributed by atoms with Crippen molar-refractivity contribution in [3.05, 3.63) is 71.3 Å². The first-order valence-electron chi connectivity index (χ1n) is 9.73. The van der Waals surface area contributed by atoms with Crippen LogP contribution in [0.1, 0.15) is 39.8 Å². The molecule has 0 fully saturated rings. The summed E-state index contributed by atoms with van der Waals surface area (Å²) in [4.78, 5) is 17.2. The minimum Gasteiger partial charge on any atom is -0.497 e. The number of hydrogen-bond acceptors (Lipinski definition) is 4. The SMILES string of the molecule is COc1ccc(C2CCc3nc(C(=O)Nc4ccc(C)cc4)cn3C2)c(OC)c1. The van der Waals surface area contributed by atoms with Gasteiger partial charge in [-0.05, 0) is 37.1 Å². The molecule has 0 bridgehead atoms. The molecule has 0 spiro atoms. The van der Waals surface area contributed by atoms with Gasteiger partial charge in [0.2, 0.25) is 0 Å². The number of fused-ring (bicyclic) bond motifs is 1. The summed E-state index contributed by atoms with van der Waals surface area (Å²) in [5, 5.41) is 2.92. The maximum absolute atomic E-state index is 12.6. The van der Waals surface area contributed by atoms with Gasteiger partial charge in [-0.15, -0.1) is 0 Å². The van der Waals surface area contributed by atoms with E-state index in [0.717, 1.165) is 53.5 Å². The molecule has 6 nitrogen and oxygen atoms in total. The van der Waals surface area contributed by atoms with Crippen LogP contribution in [0.2, 0.25) is 0 Å². The van der Waals surface area contributed by atoms with E-state index in [1.165, 1.54) is 0 Å². The van der Waals surface area contributed by atoms with Gasteiger partial charge in [0.15, 0.2) is 0 Å². The molecule has 150 valence electrons. The van der Waals surface area contributed by atoms with E-state index in [4.69, 9.17) is 9.47 Å². The Bertz CT molecular complexity index is 1020. The second kappa shape index (κ2) is 7.99. The van der Waals surface area contributed by atoms with Crippen LogP contribution in [-0.2, 0) is 13.0 Å². The first-order chi connectivity index (χ1) is 14.1. The zero-order valence-corrected chi connectivity index (χ0v) is 16.9. The molecule has 4 rings (SSSR count). The second-order valence-electron chi connectivity index (χ2n) is 7.36. The topological polar surface area (TPSA) is 65.4 Å². The van der Waals surface area contributed by atoms with Gasteiger partial charge in [0.1, 0.15) is 23.0 Å². The summed E-state index contributed by atoms with van der Waals surface area (Å²) in [6.45, 7) is 2.78. The molecular weight excluding hydrogens is 366 g/mol. The number of methoxy groups -OCH3 is 2. The number of aromatic nitrogens is 2. The highest BCUT2D eigenvalue weighted by Gasteiger charge is 2.25. The highest BCUT2D eigenvalue weighted by molar-refractivity contribution is 6.02. The van der Waals surface area contributed by atoms with E-state index in [1.54, 1.807) is 14.2 Å². The van der Waals surface area contributed by atoms with E-state index >= 15 is 0 Å². The van der Waals surface area contributed by atoms with E-state index in [1.807, 2.05) is 49.5 Å². The molecule has 1 amide bonds. The quantitative estimate of drug-likeness (QED) is 0.708. The fraction of sp³-hybridized carbons (Fsp3) is 0.304. The molecule has 6 heteroatoms. The number of ether oxygens (including phenoxy) is 2. The van der Waals surface area contributed by atoms with Crippen molar-refractivity contribution >= 4 is 11.6 Å². The molecule has 0 aliphatic carbocycles. The molecule has 0 saturated carbocycles. The van der Waals surface area contributed by atoms with Gasteiger partial charge in [0.25, 0.3) is 5.91 Å². The Morgan fingerprint density at radius 2 is 1.93 bits per heavy atom. The normalized spacial score (nSPS) is 15.5. The number of hydrogen-bond donors (Lipinski definition) is 1. The fourth-order valence-electron chi connectivity index (χ4n) is 3.79. The Morgan fingerprint density at radius 3 is 2.66 bits per heavy atom. The number of carbonyl (C=O) groups is 1. The molecular formula is C23H25N3O3. The third kappa shape index (κ3) is 3.97. The van der Waals surface area contributed by atoms with Gasteiger partial charge < -0.3 is 19.4 Å². The summed E-state index contributed by atoms with van der Waals surface area (Å²) < 4.78 is 13.0. The summed E-state index contributed by atoms with van der Waals surface area (Å²) in [6.07, 6.45) is 3.62. The minimum atomic E-state index is -0.186. The number of imidazole rings is 1. The first kappa shape index (κ1) is 19.1. The first-order valence-corrected chi connectivity index (χ1v) is 9.73. The predicted octanol–water partition coefficient (Wildman–Crippen LogP) is 4.19. The number of nitrogens with one attached hydrogen (secondary N) is 1. The van der Waals surface area contributed by atoms with Crippen LogP contribution < -0.4 is 14.8 Å². The molecule has 1 aliphatic rings. The highest BCUT2D eigenvalue weighted by Crippen LogP contribution is 2.36. The maximum atomic E-state index is 12.6. The Hall–Kier alpha value is -3.28. The van der Waals surface area contributed by atoms with Gasteiger partial charge in [-0.25, -0.2) is 4.98 Å². The largest absolute Gasteiger partial charge is 0.497 e. The van der Waals surface area contributed by atoms with Gasteiger partial charge >= 0.3 is 0 Å². The highest BCUT2D eigenvalue weighted by atomic mass is 16.5. The molecule has 1 atom stereocenters. The van der Waals surface area contributed by atoms with Crippen LogP contribution in [0.4, 0.5) is 5.69 Å². The lowest BCUT2D eigenvalue weighted by atomic mass is 9.91. The van der Waals surface area contributed by atoms with Crippen LogP contribution in [0.15, 0.2) is 48.7 Å². The molecule has 2 aromatic carbocycles. The number of amides is 1. The summed E-state index contributed by atoms with van der Waals surface area (Å²) in [6, 6.07) is 13.7. The zero-order valence-electron chi connectivity index (χ0n) is 16.9. The van der Waals surface area contributed by atoms with Crippen LogP contribution in [0.25, 0.3) is 0 Å². The second-order valence-corrected chi connectivity index (χ2v) is 7.36. The number of rotatable bonds is 5. The minimum absolute atomic E-state index is 0.186. The molecule has 2 heterocycles. The summed E-state index contributed by atoms with van der Waals surface area (Å²) in [5.74, 6) is 2.66. The van der Waals surface area contributed by atoms with Crippen molar-refractivity contribution in [2.45, 2.75) is 32.2 Å². The van der Waals surface area contributed by atoms with Crippen LogP contribution in [0.5, 0.6) is 11.5 Å². The van der Waals surface area contributed by atoms with Crippen molar-refractivity contribution < 1.29 is 14.3 Å². The maximum Gasteiger partial charge on any atom is 0.275 e. The molecule has 1 aromatic heterocycles. The number of anilines is 1. The van der Waals surface area contributed by atoms with Gasteiger partial charge in [0.05, 0.1) is 14.2 Å². The number of aryl methyl sites for hydroxylation is 2. The van der Waals surface area contributed by atoms with Crippen molar-refractivity contribution in [2.75, 3.05) is 19.5 Å². The fourth-order valence-corrected chi connectivity index (χ4v) is 3.79. The predicted molar refractivity (Wildman–Crippen MR) is 112 cm³/mol. The van der Waals surface area contributed by atoms with Gasteiger partial charge in [0, 0.05) is 36.8 Å². The number of nitrogens with zero attached hydrogens (tertiary/aromatic N) is 2. The Morgan fingerprint density at radius 1 is 1.14 bits per heavy atom. The third-order valence-corrected chi connectivity index (χ3v) is 5.42. The third-order valence-electron chi connectivity index (χ3n) is 5.42. The standard InChI is InChI=1S/C23H25N3O3/c1-15-4-7-17(8-5-15)24-23(27)20-14-26-13-16(6-11-22(26)25-20)19-10-9-18(28-2)12-21(19)29-3/h4-5,7-10,12,14,16H,6,11,13H2,1-3H3,(H,24,27). The van der Waals surface area contributed by atoms with Gasteiger partial charge in [-0.1, -0.05) is 23.8 Å². The molecule has 0 saturated heterocycles. The Labute approximate surface area is 170 Å². The molecule has 29 heavy (non-hydrogen) atoms. The van der Waals surface area contributed by atoms with Crippen LogP contribution >= 0.6 is 0 Å². The van der Waals surface area contributed by atoms with Gasteiger partial charge in [-0.3, -0.25) is 4.79 Å². The number of carbonyl (C=O) groups excluding carboxylic acids is 1. The lowest BCUT2D eigenvalue weighted by Crippen LogP contribution is -2.19. The van der Waals surface area contributed by atoms with Crippen molar-refractivity contribution in [1.29, 1.82) is 0 Å². The monoisotopic (exact) mass is 391 g/mol. The van der Waals surface area contributed by atoms with Crippen molar-refractivity contribution in [3.63, 3.8) is 0 Å². The Balaban J connectivity index is 1.51. The molecule has 1 aliphatic heterocycles. The van der Waals surface area contributed by atoms with Crippen molar-refractivity contribution in [3.8, 4) is 11.5 Å². The van der Waals surface area contributed by atoms with E-state index < -0.39 is 0 Å². The van der Waals surface area contributed by atoms with E-state index in [2.05, 4.69) is 20.9 Å².